The van der Waals surface area contributed by atoms with Crippen molar-refractivity contribution < 1.29 is 5.11 Å². The van der Waals surface area contributed by atoms with E-state index in [9.17, 15) is 10.4 Å². The van der Waals surface area contributed by atoms with Crippen LogP contribution in [-0.4, -0.2) is 29.6 Å². The van der Waals surface area contributed by atoms with E-state index in [-0.39, 0.29) is 18.2 Å². The minimum Gasteiger partial charge on any atom is -0.508 e. The van der Waals surface area contributed by atoms with Gasteiger partial charge in [-0.1, -0.05) is 109 Å². The molecule has 0 bridgehead atoms. The molecule has 0 radical (unpaired) electrons. The number of hydrogen-bond acceptors (Lipinski definition) is 3. The molecule has 0 aromatic heterocycles. The van der Waals surface area contributed by atoms with Gasteiger partial charge in [-0.2, -0.15) is 5.26 Å². The first-order valence-electron chi connectivity index (χ1n) is 15.6. The molecule has 44 heavy (non-hydrogen) atoms. The highest BCUT2D eigenvalue weighted by molar-refractivity contribution is 5.94. The maximum absolute atomic E-state index is 10.3. The van der Waals surface area contributed by atoms with Crippen molar-refractivity contribution in [2.75, 3.05) is 19.6 Å². The molecule has 0 amide bonds. The van der Waals surface area contributed by atoms with Crippen molar-refractivity contribution in [2.45, 2.75) is 50.9 Å². The van der Waals surface area contributed by atoms with Gasteiger partial charge in [-0.05, 0) is 102 Å². The summed E-state index contributed by atoms with van der Waals surface area (Å²) in [5.74, 6) is 0.278. The van der Waals surface area contributed by atoms with E-state index in [0.717, 1.165) is 68.4 Å². The summed E-state index contributed by atoms with van der Waals surface area (Å²) < 4.78 is 0. The SMILES string of the molecule is CC(C#N)(CCCCN1CCC(=C2c3ccccc3C=Cc3ccccc32)CC1)c1ccccc1Cc1cccc(O)c1.Cl. The number of benzene rings is 4. The number of fused-ring (bicyclic) bond motifs is 2. The highest BCUT2D eigenvalue weighted by Crippen LogP contribution is 2.39. The molecular weight excluding hydrogens is 560 g/mol. The van der Waals surface area contributed by atoms with Crippen LogP contribution < -0.4 is 0 Å². The lowest BCUT2D eigenvalue weighted by Gasteiger charge is -2.31. The van der Waals surface area contributed by atoms with Gasteiger partial charge in [0.1, 0.15) is 5.75 Å². The second-order valence-electron chi connectivity index (χ2n) is 12.2. The average Bonchev–Trinajstić information content (AvgIpc) is 3.21. The molecule has 1 N–H and O–H groups in total. The highest BCUT2D eigenvalue weighted by Gasteiger charge is 2.29. The number of likely N-dealkylation sites (tertiary alicyclic amines) is 1. The summed E-state index contributed by atoms with van der Waals surface area (Å²) in [6.07, 6.45) is 10.4. The van der Waals surface area contributed by atoms with E-state index in [1.807, 2.05) is 30.3 Å². The van der Waals surface area contributed by atoms with E-state index in [1.54, 1.807) is 11.6 Å². The summed E-state index contributed by atoms with van der Waals surface area (Å²) in [5, 5.41) is 20.3. The molecular formula is C40H41ClN2O. The third-order valence-electron chi connectivity index (χ3n) is 9.28. The van der Waals surface area contributed by atoms with E-state index in [2.05, 4.69) is 90.7 Å². The van der Waals surface area contributed by atoms with Crippen molar-refractivity contribution in [1.82, 2.24) is 4.90 Å². The van der Waals surface area contributed by atoms with Crippen molar-refractivity contribution >= 4 is 30.1 Å². The fraction of sp³-hybridized carbons (Fsp3) is 0.275. The zero-order chi connectivity index (χ0) is 29.6. The summed E-state index contributed by atoms with van der Waals surface area (Å²) in [5.41, 5.74) is 11.1. The Hall–Kier alpha value is -4.10. The molecule has 0 saturated carbocycles. The van der Waals surface area contributed by atoms with Crippen LogP contribution in [0.4, 0.5) is 0 Å². The molecule has 0 spiro atoms. The van der Waals surface area contributed by atoms with Crippen molar-refractivity contribution in [2.24, 2.45) is 0 Å². The molecule has 1 heterocycles. The predicted molar refractivity (Wildman–Crippen MR) is 185 cm³/mol. The Balaban J connectivity index is 0.00000384. The minimum atomic E-state index is -0.540. The highest BCUT2D eigenvalue weighted by atomic mass is 35.5. The Kier molecular flexibility index (Phi) is 10.1. The van der Waals surface area contributed by atoms with Gasteiger partial charge >= 0.3 is 0 Å². The number of rotatable bonds is 8. The van der Waals surface area contributed by atoms with Crippen LogP contribution in [0.15, 0.2) is 103 Å². The van der Waals surface area contributed by atoms with Gasteiger partial charge in [0.05, 0.1) is 11.5 Å². The lowest BCUT2D eigenvalue weighted by atomic mass is 9.76. The number of nitriles is 1. The van der Waals surface area contributed by atoms with Gasteiger partial charge in [0.15, 0.2) is 0 Å². The van der Waals surface area contributed by atoms with Gasteiger partial charge in [-0.3, -0.25) is 0 Å². The Morgan fingerprint density at radius 3 is 2.09 bits per heavy atom. The number of hydrogen-bond donors (Lipinski definition) is 1. The second kappa shape index (κ2) is 14.1. The third kappa shape index (κ3) is 6.83. The molecule has 1 aliphatic carbocycles. The van der Waals surface area contributed by atoms with Crippen LogP contribution >= 0.6 is 12.4 Å². The lowest BCUT2D eigenvalue weighted by molar-refractivity contribution is 0.249. The van der Waals surface area contributed by atoms with E-state index >= 15 is 0 Å². The van der Waals surface area contributed by atoms with Crippen LogP contribution in [0.2, 0.25) is 0 Å². The van der Waals surface area contributed by atoms with E-state index in [1.165, 1.54) is 27.8 Å². The Labute approximate surface area is 268 Å². The van der Waals surface area contributed by atoms with Crippen LogP contribution in [-0.2, 0) is 11.8 Å². The number of piperidine rings is 1. The minimum absolute atomic E-state index is 0. The Bertz CT molecular complexity index is 1650. The molecule has 224 valence electrons. The number of halogens is 1. The van der Waals surface area contributed by atoms with Crippen LogP contribution in [0.1, 0.15) is 78.0 Å². The number of unbranched alkanes of at least 4 members (excludes halogenated alkanes) is 1. The summed E-state index contributed by atoms with van der Waals surface area (Å²) in [6, 6.07) is 36.0. The van der Waals surface area contributed by atoms with Gasteiger partial charge in [0.25, 0.3) is 0 Å². The number of aromatic hydroxyl groups is 1. The quantitative estimate of drug-likeness (QED) is 0.180. The van der Waals surface area contributed by atoms with E-state index < -0.39 is 5.41 Å². The Morgan fingerprint density at radius 1 is 0.795 bits per heavy atom. The van der Waals surface area contributed by atoms with Crippen molar-refractivity contribution in [1.29, 1.82) is 5.26 Å². The Morgan fingerprint density at radius 2 is 1.43 bits per heavy atom. The zero-order valence-corrected chi connectivity index (χ0v) is 26.3. The molecule has 1 saturated heterocycles. The molecule has 2 aliphatic rings. The first-order valence-corrected chi connectivity index (χ1v) is 15.6. The molecule has 4 aromatic carbocycles. The number of phenols is 1. The normalized spacial score (nSPS) is 15.7. The van der Waals surface area contributed by atoms with Crippen LogP contribution in [0.25, 0.3) is 17.7 Å². The first-order chi connectivity index (χ1) is 21.0. The standard InChI is InChI=1S/C40H40N2O.ClH/c1-40(29-41,38-18-7-4-14-34(38)27-30-11-10-15-35(43)28-30)23-8-9-24-42-25-21-33(22-26-42)39-36-16-5-2-12-31(36)19-20-32-13-3-6-17-37(32)39;/h2-7,10-20,28,43H,8-9,21-27H2,1H3;1H. The maximum Gasteiger partial charge on any atom is 0.115 e. The fourth-order valence-electron chi connectivity index (χ4n) is 6.91. The van der Waals surface area contributed by atoms with Gasteiger partial charge in [0, 0.05) is 13.1 Å². The van der Waals surface area contributed by atoms with Gasteiger partial charge in [0.2, 0.25) is 0 Å². The van der Waals surface area contributed by atoms with Gasteiger partial charge in [-0.15, -0.1) is 12.4 Å². The second-order valence-corrected chi connectivity index (χ2v) is 12.2. The third-order valence-corrected chi connectivity index (χ3v) is 9.28. The molecule has 4 aromatic rings. The average molecular weight is 601 g/mol. The zero-order valence-electron chi connectivity index (χ0n) is 25.5. The largest absolute Gasteiger partial charge is 0.508 e. The van der Waals surface area contributed by atoms with Crippen LogP contribution in [0.5, 0.6) is 5.75 Å². The van der Waals surface area contributed by atoms with Gasteiger partial charge < -0.3 is 10.0 Å². The topological polar surface area (TPSA) is 47.3 Å². The van der Waals surface area contributed by atoms with E-state index in [0.29, 0.717) is 6.42 Å². The maximum atomic E-state index is 10.3. The smallest absolute Gasteiger partial charge is 0.115 e. The predicted octanol–water partition coefficient (Wildman–Crippen LogP) is 9.44. The number of nitrogens with zero attached hydrogens (tertiary/aromatic N) is 2. The summed E-state index contributed by atoms with van der Waals surface area (Å²) in [4.78, 5) is 2.61. The van der Waals surface area contributed by atoms with Crippen LogP contribution in [0, 0.1) is 11.3 Å². The van der Waals surface area contributed by atoms with Crippen molar-refractivity contribution in [3.8, 4) is 11.8 Å². The summed E-state index contributed by atoms with van der Waals surface area (Å²) in [7, 11) is 0. The van der Waals surface area contributed by atoms with E-state index in [4.69, 9.17) is 0 Å². The molecule has 1 atom stereocenters. The fourth-order valence-corrected chi connectivity index (χ4v) is 6.91. The summed E-state index contributed by atoms with van der Waals surface area (Å²) in [6.45, 7) is 5.33. The molecule has 6 rings (SSSR count). The van der Waals surface area contributed by atoms with Crippen LogP contribution in [0.3, 0.4) is 0 Å². The first kappa shape index (κ1) is 31.3. The van der Waals surface area contributed by atoms with Crippen molar-refractivity contribution in [3.63, 3.8) is 0 Å². The lowest BCUT2D eigenvalue weighted by Crippen LogP contribution is -2.32. The molecule has 4 heteroatoms. The molecule has 1 aliphatic heterocycles. The van der Waals surface area contributed by atoms with Gasteiger partial charge in [-0.25, -0.2) is 0 Å². The van der Waals surface area contributed by atoms with Crippen molar-refractivity contribution in [3.05, 3.63) is 142 Å². The molecule has 1 unspecified atom stereocenters. The molecule has 1 fully saturated rings. The monoisotopic (exact) mass is 600 g/mol. The summed E-state index contributed by atoms with van der Waals surface area (Å²) >= 11 is 0. The molecule has 3 nitrogen and oxygen atoms in total. The number of phenolic OH excluding ortho intramolecular Hbond substituents is 1.